The number of nitrogens with zero attached hydrogens (tertiary/aromatic N) is 2. The fourth-order valence-electron chi connectivity index (χ4n) is 2.73. The van der Waals surface area contributed by atoms with Crippen molar-refractivity contribution >= 4 is 28.3 Å². The van der Waals surface area contributed by atoms with Gasteiger partial charge in [0.15, 0.2) is 5.82 Å². The molecular weight excluding hydrogens is 349 g/mol. The molecule has 128 valence electrons. The Balaban J connectivity index is 1.72. The molecule has 0 fully saturated rings. The molecule has 26 heavy (non-hydrogen) atoms. The van der Waals surface area contributed by atoms with Gasteiger partial charge in [0.2, 0.25) is 0 Å². The summed E-state index contributed by atoms with van der Waals surface area (Å²) in [6.07, 6.45) is 0. The number of benzene rings is 3. The molecule has 0 aliphatic carbocycles. The van der Waals surface area contributed by atoms with E-state index in [1.54, 1.807) is 12.1 Å². The van der Waals surface area contributed by atoms with E-state index in [4.69, 9.17) is 16.6 Å². The van der Waals surface area contributed by atoms with Crippen LogP contribution < -0.4 is 5.32 Å². The van der Waals surface area contributed by atoms with Crippen LogP contribution in [0, 0.1) is 5.82 Å². The number of hydrogen-bond acceptors (Lipinski definition) is 3. The molecule has 4 rings (SSSR count). The molecule has 0 saturated heterocycles. The van der Waals surface area contributed by atoms with Crippen molar-refractivity contribution in [2.75, 3.05) is 5.32 Å². The number of hydrogen-bond donors (Lipinski definition) is 1. The lowest BCUT2D eigenvalue weighted by Gasteiger charge is -2.11. The third-order valence-corrected chi connectivity index (χ3v) is 4.33. The molecule has 0 amide bonds. The third kappa shape index (κ3) is 3.51. The van der Waals surface area contributed by atoms with Crippen LogP contribution in [0.2, 0.25) is 5.02 Å². The zero-order chi connectivity index (χ0) is 17.9. The van der Waals surface area contributed by atoms with Crippen molar-refractivity contribution < 1.29 is 4.39 Å². The van der Waals surface area contributed by atoms with Gasteiger partial charge in [0.25, 0.3) is 0 Å². The summed E-state index contributed by atoms with van der Waals surface area (Å²) in [5.41, 5.74) is 2.72. The van der Waals surface area contributed by atoms with E-state index in [1.807, 2.05) is 48.5 Å². The average molecular weight is 364 g/mol. The van der Waals surface area contributed by atoms with Crippen LogP contribution in [0.3, 0.4) is 0 Å². The highest BCUT2D eigenvalue weighted by molar-refractivity contribution is 6.30. The number of halogens is 2. The first-order chi connectivity index (χ1) is 12.7. The molecule has 3 nitrogen and oxygen atoms in total. The van der Waals surface area contributed by atoms with Gasteiger partial charge in [0.1, 0.15) is 11.6 Å². The minimum Gasteiger partial charge on any atom is -0.365 e. The molecule has 1 heterocycles. The molecule has 0 saturated carbocycles. The first kappa shape index (κ1) is 16.5. The fraction of sp³-hybridized carbons (Fsp3) is 0.0476. The van der Waals surface area contributed by atoms with Crippen molar-refractivity contribution in [2.45, 2.75) is 6.54 Å². The Kier molecular flexibility index (Phi) is 4.50. The lowest BCUT2D eigenvalue weighted by atomic mass is 10.1. The molecular formula is C21H15ClFN3. The number of rotatable bonds is 4. The molecule has 0 bridgehead atoms. The summed E-state index contributed by atoms with van der Waals surface area (Å²) in [6.45, 7) is 0.543. The first-order valence-corrected chi connectivity index (χ1v) is 8.58. The SMILES string of the molecule is Fc1ccc(CNc2nc(-c3ccc(Cl)cc3)nc3ccccc23)cc1. The van der Waals surface area contributed by atoms with Crippen molar-refractivity contribution in [1.82, 2.24) is 9.97 Å². The van der Waals surface area contributed by atoms with Crippen LogP contribution in [-0.4, -0.2) is 9.97 Å². The highest BCUT2D eigenvalue weighted by atomic mass is 35.5. The quantitative estimate of drug-likeness (QED) is 0.505. The van der Waals surface area contributed by atoms with Gasteiger partial charge in [-0.05, 0) is 54.1 Å². The zero-order valence-corrected chi connectivity index (χ0v) is 14.5. The van der Waals surface area contributed by atoms with Crippen LogP contribution in [0.4, 0.5) is 10.2 Å². The van der Waals surface area contributed by atoms with Crippen LogP contribution in [0.15, 0.2) is 72.8 Å². The van der Waals surface area contributed by atoms with Gasteiger partial charge in [0, 0.05) is 22.5 Å². The monoisotopic (exact) mass is 363 g/mol. The van der Waals surface area contributed by atoms with Gasteiger partial charge >= 0.3 is 0 Å². The Bertz CT molecular complexity index is 1050. The maximum absolute atomic E-state index is 13.1. The summed E-state index contributed by atoms with van der Waals surface area (Å²) in [5, 5.41) is 4.95. The number of anilines is 1. The van der Waals surface area contributed by atoms with E-state index in [0.717, 1.165) is 27.8 Å². The standard InChI is InChI=1S/C21H15ClFN3/c22-16-9-7-15(8-10-16)20-25-19-4-2-1-3-18(19)21(26-20)24-13-14-5-11-17(23)12-6-14/h1-12H,13H2,(H,24,25,26). The second kappa shape index (κ2) is 7.10. The summed E-state index contributed by atoms with van der Waals surface area (Å²) in [4.78, 5) is 9.35. The Labute approximate surface area is 155 Å². The molecule has 0 aliphatic rings. The minimum atomic E-state index is -0.244. The highest BCUT2D eigenvalue weighted by Gasteiger charge is 2.09. The normalized spacial score (nSPS) is 10.8. The first-order valence-electron chi connectivity index (χ1n) is 8.20. The topological polar surface area (TPSA) is 37.8 Å². The second-order valence-electron chi connectivity index (χ2n) is 5.90. The molecule has 0 aliphatic heterocycles. The zero-order valence-electron chi connectivity index (χ0n) is 13.8. The summed E-state index contributed by atoms with van der Waals surface area (Å²) >= 11 is 5.97. The molecule has 0 radical (unpaired) electrons. The lowest BCUT2D eigenvalue weighted by molar-refractivity contribution is 0.627. The van der Waals surface area contributed by atoms with Crippen LogP contribution in [0.25, 0.3) is 22.3 Å². The van der Waals surface area contributed by atoms with E-state index < -0.39 is 0 Å². The molecule has 0 atom stereocenters. The second-order valence-corrected chi connectivity index (χ2v) is 6.34. The Morgan fingerprint density at radius 3 is 2.35 bits per heavy atom. The highest BCUT2D eigenvalue weighted by Crippen LogP contribution is 2.26. The lowest BCUT2D eigenvalue weighted by Crippen LogP contribution is -2.04. The molecule has 1 aromatic heterocycles. The minimum absolute atomic E-state index is 0.244. The smallest absolute Gasteiger partial charge is 0.162 e. The van der Waals surface area contributed by atoms with Gasteiger partial charge in [0.05, 0.1) is 5.52 Å². The van der Waals surface area contributed by atoms with Crippen molar-refractivity contribution in [1.29, 1.82) is 0 Å². The molecule has 0 spiro atoms. The van der Waals surface area contributed by atoms with Crippen LogP contribution >= 0.6 is 11.6 Å². The Morgan fingerprint density at radius 2 is 1.58 bits per heavy atom. The maximum Gasteiger partial charge on any atom is 0.162 e. The van der Waals surface area contributed by atoms with Crippen molar-refractivity contribution in [3.8, 4) is 11.4 Å². The molecule has 4 aromatic rings. The van der Waals surface area contributed by atoms with E-state index in [9.17, 15) is 4.39 Å². The summed E-state index contributed by atoms with van der Waals surface area (Å²) in [5.74, 6) is 1.12. The Hall–Kier alpha value is -2.98. The van der Waals surface area contributed by atoms with Gasteiger partial charge in [-0.25, -0.2) is 14.4 Å². The number of aromatic nitrogens is 2. The van der Waals surface area contributed by atoms with E-state index in [1.165, 1.54) is 12.1 Å². The predicted octanol–water partition coefficient (Wildman–Crippen LogP) is 5.70. The van der Waals surface area contributed by atoms with E-state index in [2.05, 4.69) is 10.3 Å². The molecule has 3 aromatic carbocycles. The third-order valence-electron chi connectivity index (χ3n) is 4.08. The van der Waals surface area contributed by atoms with Gasteiger partial charge in [-0.15, -0.1) is 0 Å². The van der Waals surface area contributed by atoms with Crippen LogP contribution in [-0.2, 0) is 6.54 Å². The number of nitrogens with one attached hydrogen (secondary N) is 1. The molecule has 0 unspecified atom stereocenters. The van der Waals surface area contributed by atoms with Crippen LogP contribution in [0.1, 0.15) is 5.56 Å². The number of para-hydroxylation sites is 1. The van der Waals surface area contributed by atoms with E-state index >= 15 is 0 Å². The van der Waals surface area contributed by atoms with Crippen molar-refractivity contribution in [3.63, 3.8) is 0 Å². The van der Waals surface area contributed by atoms with E-state index in [-0.39, 0.29) is 5.82 Å². The average Bonchev–Trinajstić information content (AvgIpc) is 2.68. The molecule has 1 N–H and O–H groups in total. The van der Waals surface area contributed by atoms with Crippen molar-refractivity contribution in [3.05, 3.63) is 89.2 Å². The van der Waals surface area contributed by atoms with E-state index in [0.29, 0.717) is 17.4 Å². The summed E-state index contributed by atoms with van der Waals surface area (Å²) in [7, 11) is 0. The Morgan fingerprint density at radius 1 is 0.846 bits per heavy atom. The predicted molar refractivity (Wildman–Crippen MR) is 104 cm³/mol. The number of fused-ring (bicyclic) bond motifs is 1. The van der Waals surface area contributed by atoms with Crippen LogP contribution in [0.5, 0.6) is 0 Å². The molecule has 5 heteroatoms. The van der Waals surface area contributed by atoms with Gasteiger partial charge < -0.3 is 5.32 Å². The van der Waals surface area contributed by atoms with Crippen molar-refractivity contribution in [2.24, 2.45) is 0 Å². The van der Waals surface area contributed by atoms with Gasteiger partial charge in [-0.2, -0.15) is 0 Å². The maximum atomic E-state index is 13.1. The van der Waals surface area contributed by atoms with Gasteiger partial charge in [-0.3, -0.25) is 0 Å². The fourth-order valence-corrected chi connectivity index (χ4v) is 2.85. The summed E-state index contributed by atoms with van der Waals surface area (Å²) in [6, 6.07) is 21.7. The largest absolute Gasteiger partial charge is 0.365 e. The van der Waals surface area contributed by atoms with Gasteiger partial charge in [-0.1, -0.05) is 35.9 Å². The summed E-state index contributed by atoms with van der Waals surface area (Å²) < 4.78 is 13.1.